The summed E-state index contributed by atoms with van der Waals surface area (Å²) in [4.78, 5) is 31.8. The lowest BCUT2D eigenvalue weighted by atomic mass is 9.96. The molecule has 3 heterocycles. The lowest BCUT2D eigenvalue weighted by Gasteiger charge is -2.38. The highest BCUT2D eigenvalue weighted by atomic mass is 31.2. The number of aliphatic imine (C=N–C) groups is 2. The fourth-order valence-corrected chi connectivity index (χ4v) is 6.48. The number of aliphatic hydroxyl groups excluding tert-OH is 1. The van der Waals surface area contributed by atoms with E-state index in [4.69, 9.17) is 14.2 Å². The summed E-state index contributed by atoms with van der Waals surface area (Å²) in [7, 11) is -5.39. The molecule has 3 aliphatic rings. The minimum atomic E-state index is -4.20. The second-order valence-electron chi connectivity index (χ2n) is 8.72. The average molecular weight is 524 g/mol. The van der Waals surface area contributed by atoms with E-state index in [0.717, 1.165) is 17.0 Å². The van der Waals surface area contributed by atoms with Crippen molar-refractivity contribution in [3.8, 4) is 0 Å². The van der Waals surface area contributed by atoms with Crippen LogP contribution in [-0.4, -0.2) is 80.3 Å². The van der Waals surface area contributed by atoms with Crippen molar-refractivity contribution in [2.24, 2.45) is 9.98 Å². The molecule has 1 aromatic rings. The standard InChI is InChI=1S/C22H30N4O7P2/c1-15-18(20-19(27)10-17(33-20)13-32-35(30,31)14-34(28)29)11-24-22-21(23-8-9-26(15)22)25(2)12-16-6-4-3-5-7-16/h3-9,11,15,17,19-20,27,34H,10,12-14H2,1-2H3,(H,28,29)(H,30,31)/t15-,17-,19+,20-/m0/s1. The maximum atomic E-state index is 11.9. The smallest absolute Gasteiger partial charge is 0.337 e. The first-order chi connectivity index (χ1) is 16.6. The minimum absolute atomic E-state index is 0.183. The van der Waals surface area contributed by atoms with Crippen LogP contribution in [0.4, 0.5) is 0 Å². The summed E-state index contributed by atoms with van der Waals surface area (Å²) >= 11 is 0. The van der Waals surface area contributed by atoms with Gasteiger partial charge in [-0.15, -0.1) is 0 Å². The van der Waals surface area contributed by atoms with Crippen LogP contribution in [0.3, 0.4) is 0 Å². The average Bonchev–Trinajstić information content (AvgIpc) is 3.18. The highest BCUT2D eigenvalue weighted by molar-refractivity contribution is 7.64. The first kappa shape index (κ1) is 26.0. The van der Waals surface area contributed by atoms with Crippen LogP contribution < -0.4 is 0 Å². The predicted octanol–water partition coefficient (Wildman–Crippen LogP) is 2.13. The Balaban J connectivity index is 1.45. The molecule has 3 N–H and O–H groups in total. The van der Waals surface area contributed by atoms with Gasteiger partial charge in [0.15, 0.2) is 11.7 Å². The summed E-state index contributed by atoms with van der Waals surface area (Å²) in [6, 6.07) is 9.88. The van der Waals surface area contributed by atoms with Crippen molar-refractivity contribution in [3.63, 3.8) is 0 Å². The molecular weight excluding hydrogens is 494 g/mol. The number of likely N-dealkylation sites (N-methyl/N-ethyl adjacent to an activating group) is 1. The number of ether oxygens (including phenoxy) is 1. The van der Waals surface area contributed by atoms with Crippen molar-refractivity contribution in [2.45, 2.75) is 44.2 Å². The number of aliphatic hydroxyl groups is 1. The van der Waals surface area contributed by atoms with Crippen LogP contribution in [0.25, 0.3) is 0 Å². The predicted molar refractivity (Wildman–Crippen MR) is 132 cm³/mol. The number of hydrogen-bond donors (Lipinski definition) is 3. The van der Waals surface area contributed by atoms with Crippen LogP contribution in [0.1, 0.15) is 18.9 Å². The number of nitrogens with zero attached hydrogens (tertiary/aromatic N) is 4. The highest BCUT2D eigenvalue weighted by Gasteiger charge is 2.42. The van der Waals surface area contributed by atoms with E-state index in [1.165, 1.54) is 0 Å². The second-order valence-corrected chi connectivity index (χ2v) is 12.3. The number of fused-ring (bicyclic) bond motifs is 1. The van der Waals surface area contributed by atoms with Crippen LogP contribution in [0.15, 0.2) is 64.5 Å². The normalized spacial score (nSPS) is 28.5. The van der Waals surface area contributed by atoms with Crippen LogP contribution in [0, 0.1) is 0 Å². The summed E-state index contributed by atoms with van der Waals surface area (Å²) in [5, 5.41) is 10.6. The summed E-state index contributed by atoms with van der Waals surface area (Å²) in [5.74, 6) is 0.606. The summed E-state index contributed by atoms with van der Waals surface area (Å²) in [6.45, 7) is 2.38. The topological polar surface area (TPSA) is 144 Å². The lowest BCUT2D eigenvalue weighted by molar-refractivity contribution is 0.00785. The van der Waals surface area contributed by atoms with E-state index >= 15 is 0 Å². The van der Waals surface area contributed by atoms with Crippen LogP contribution in [-0.2, 0) is 24.9 Å². The Morgan fingerprint density at radius 3 is 2.77 bits per heavy atom. The molecule has 35 heavy (non-hydrogen) atoms. The van der Waals surface area contributed by atoms with E-state index in [9.17, 15) is 19.1 Å². The third-order valence-corrected chi connectivity index (χ3v) is 9.28. The van der Waals surface area contributed by atoms with Gasteiger partial charge in [-0.2, -0.15) is 0 Å². The van der Waals surface area contributed by atoms with Gasteiger partial charge < -0.3 is 34.0 Å². The summed E-state index contributed by atoms with van der Waals surface area (Å²) in [5.41, 5.74) is 1.90. The Morgan fingerprint density at radius 1 is 1.31 bits per heavy atom. The van der Waals surface area contributed by atoms with E-state index in [-0.39, 0.29) is 19.1 Å². The van der Waals surface area contributed by atoms with E-state index in [1.807, 2.05) is 48.2 Å². The van der Waals surface area contributed by atoms with Crippen molar-refractivity contribution in [2.75, 3.05) is 19.6 Å². The van der Waals surface area contributed by atoms with Gasteiger partial charge in [0.2, 0.25) is 8.03 Å². The minimum Gasteiger partial charge on any atom is -0.390 e. The molecule has 11 nitrogen and oxygen atoms in total. The molecule has 2 unspecified atom stereocenters. The molecule has 0 bridgehead atoms. The number of rotatable bonds is 8. The molecule has 0 aromatic heterocycles. The molecule has 0 amide bonds. The van der Waals surface area contributed by atoms with Crippen molar-refractivity contribution >= 4 is 27.3 Å². The SMILES string of the molecule is C[C@H]1C([C@@H]2O[C@H](COP(=O)(O)C[PH](=O)O)C[C@H]2O)=CN=C2C(N(C)Cc3ccccc3)=NC=CN21. The molecule has 1 fully saturated rings. The van der Waals surface area contributed by atoms with Gasteiger partial charge in [0.25, 0.3) is 0 Å². The monoisotopic (exact) mass is 524 g/mol. The molecule has 0 spiro atoms. The van der Waals surface area contributed by atoms with Crippen molar-refractivity contribution in [1.82, 2.24) is 9.80 Å². The van der Waals surface area contributed by atoms with E-state index in [1.54, 1.807) is 12.4 Å². The van der Waals surface area contributed by atoms with Crippen molar-refractivity contribution in [3.05, 3.63) is 60.1 Å². The molecular formula is C22H30N4O7P2. The molecule has 1 saturated heterocycles. The molecule has 3 aliphatic heterocycles. The Morgan fingerprint density at radius 2 is 2.06 bits per heavy atom. The second kappa shape index (κ2) is 10.9. The van der Waals surface area contributed by atoms with Gasteiger partial charge in [-0.3, -0.25) is 9.13 Å². The highest BCUT2D eigenvalue weighted by Crippen LogP contribution is 2.49. The Bertz CT molecular complexity index is 1120. The van der Waals surface area contributed by atoms with E-state index in [2.05, 4.69) is 22.1 Å². The molecule has 6 atom stereocenters. The van der Waals surface area contributed by atoms with Gasteiger partial charge in [0.1, 0.15) is 12.0 Å². The first-order valence-corrected chi connectivity index (χ1v) is 14.5. The number of amidine groups is 2. The summed E-state index contributed by atoms with van der Waals surface area (Å²) < 4.78 is 33.7. The van der Waals surface area contributed by atoms with E-state index in [0.29, 0.717) is 12.4 Å². The molecule has 190 valence electrons. The van der Waals surface area contributed by atoms with Gasteiger partial charge in [-0.1, -0.05) is 30.3 Å². The maximum Gasteiger partial charge on any atom is 0.337 e. The van der Waals surface area contributed by atoms with Gasteiger partial charge in [-0.25, -0.2) is 9.98 Å². The summed E-state index contributed by atoms with van der Waals surface area (Å²) in [6.07, 6.45) is 3.26. The Labute approximate surface area is 204 Å². The lowest BCUT2D eigenvalue weighted by Crippen LogP contribution is -2.50. The number of benzene rings is 1. The van der Waals surface area contributed by atoms with Crippen molar-refractivity contribution in [1.29, 1.82) is 0 Å². The van der Waals surface area contributed by atoms with Crippen LogP contribution in [0.5, 0.6) is 0 Å². The molecule has 0 saturated carbocycles. The first-order valence-electron chi connectivity index (χ1n) is 11.2. The van der Waals surface area contributed by atoms with Gasteiger partial charge in [0.05, 0.1) is 24.9 Å². The van der Waals surface area contributed by atoms with Gasteiger partial charge in [-0.05, 0) is 12.5 Å². The third kappa shape index (κ3) is 6.19. The van der Waals surface area contributed by atoms with E-state index < -0.39 is 39.8 Å². The molecule has 0 radical (unpaired) electrons. The third-order valence-electron chi connectivity index (χ3n) is 6.05. The van der Waals surface area contributed by atoms with Crippen LogP contribution in [0.2, 0.25) is 0 Å². The molecule has 4 rings (SSSR count). The largest absolute Gasteiger partial charge is 0.390 e. The van der Waals surface area contributed by atoms with Crippen LogP contribution >= 0.6 is 15.6 Å². The Kier molecular flexibility index (Phi) is 8.08. The fourth-order valence-electron chi connectivity index (χ4n) is 4.34. The quantitative estimate of drug-likeness (QED) is 0.436. The number of hydrogen-bond acceptors (Lipinski definition) is 9. The zero-order valence-corrected chi connectivity index (χ0v) is 21.4. The van der Waals surface area contributed by atoms with Gasteiger partial charge >= 0.3 is 7.60 Å². The molecule has 0 aliphatic carbocycles. The Hall–Kier alpha value is -2.10. The molecule has 13 heteroatoms. The molecule has 1 aromatic carbocycles. The zero-order valence-electron chi connectivity index (χ0n) is 19.5. The fraction of sp³-hybridized carbons (Fsp3) is 0.455. The van der Waals surface area contributed by atoms with Crippen molar-refractivity contribution < 1.29 is 33.3 Å². The zero-order chi connectivity index (χ0) is 25.2. The maximum absolute atomic E-state index is 11.9. The van der Waals surface area contributed by atoms with Gasteiger partial charge in [0, 0.05) is 44.2 Å².